The van der Waals surface area contributed by atoms with Crippen molar-refractivity contribution < 1.29 is 18.8 Å². The number of piperidine rings is 1. The summed E-state index contributed by atoms with van der Waals surface area (Å²) in [6.07, 6.45) is 1.61. The van der Waals surface area contributed by atoms with Gasteiger partial charge in [0.1, 0.15) is 5.82 Å². The van der Waals surface area contributed by atoms with Crippen LogP contribution in [0.15, 0.2) is 48.5 Å². The Morgan fingerprint density at radius 2 is 1.86 bits per heavy atom. The van der Waals surface area contributed by atoms with E-state index in [4.69, 9.17) is 4.74 Å². The van der Waals surface area contributed by atoms with Crippen molar-refractivity contribution in [2.24, 2.45) is 0 Å². The van der Waals surface area contributed by atoms with E-state index in [0.717, 1.165) is 38.0 Å². The number of rotatable bonds is 7. The van der Waals surface area contributed by atoms with Gasteiger partial charge in [-0.2, -0.15) is 0 Å². The molecule has 2 aromatic rings. The molecule has 28 heavy (non-hydrogen) atoms. The molecule has 0 atom stereocenters. The van der Waals surface area contributed by atoms with Crippen LogP contribution >= 0.6 is 0 Å². The van der Waals surface area contributed by atoms with E-state index in [9.17, 15) is 19.3 Å². The second-order valence-electron chi connectivity index (χ2n) is 6.76. The summed E-state index contributed by atoms with van der Waals surface area (Å²) >= 11 is 0. The first-order valence-electron chi connectivity index (χ1n) is 9.13. The predicted octanol–water partition coefficient (Wildman–Crippen LogP) is 2.89. The molecule has 0 radical (unpaired) electrons. The average molecular weight is 387 g/mol. The lowest BCUT2D eigenvalue weighted by Crippen LogP contribution is -2.45. The van der Waals surface area contributed by atoms with Gasteiger partial charge in [-0.15, -0.1) is 0 Å². The summed E-state index contributed by atoms with van der Waals surface area (Å²) in [5, 5.41) is 13.9. The lowest BCUT2D eigenvalue weighted by atomic mass is 10.0. The van der Waals surface area contributed by atoms with Crippen molar-refractivity contribution in [1.82, 2.24) is 10.2 Å². The van der Waals surface area contributed by atoms with Crippen LogP contribution in [0.2, 0.25) is 0 Å². The smallest absolute Gasteiger partial charge is 0.310 e. The molecule has 0 saturated carbocycles. The number of amides is 1. The number of carbonyl (C=O) groups excluding carboxylic acids is 1. The van der Waals surface area contributed by atoms with Gasteiger partial charge < -0.3 is 10.1 Å². The number of nitro benzene ring substituents is 1. The van der Waals surface area contributed by atoms with Crippen molar-refractivity contribution in [2.75, 3.05) is 19.7 Å². The molecule has 148 valence electrons. The van der Waals surface area contributed by atoms with Crippen LogP contribution in [0.4, 0.5) is 10.1 Å². The van der Waals surface area contributed by atoms with Crippen LogP contribution in [-0.4, -0.2) is 41.5 Å². The molecule has 2 aromatic carbocycles. The summed E-state index contributed by atoms with van der Waals surface area (Å²) in [6.45, 7) is 2.14. The van der Waals surface area contributed by atoms with E-state index in [0.29, 0.717) is 0 Å². The van der Waals surface area contributed by atoms with Gasteiger partial charge in [0.05, 0.1) is 4.92 Å². The molecule has 0 unspecified atom stereocenters. The van der Waals surface area contributed by atoms with Gasteiger partial charge in [-0.25, -0.2) is 4.39 Å². The maximum Gasteiger partial charge on any atom is 0.310 e. The van der Waals surface area contributed by atoms with E-state index in [1.807, 2.05) is 0 Å². The van der Waals surface area contributed by atoms with Crippen molar-refractivity contribution >= 4 is 11.6 Å². The van der Waals surface area contributed by atoms with Gasteiger partial charge in [0.15, 0.2) is 12.4 Å². The fourth-order valence-corrected chi connectivity index (χ4v) is 3.23. The Balaban J connectivity index is 1.41. The maximum absolute atomic E-state index is 13.0. The SMILES string of the molecule is O=C(COc1ccccc1[N+](=O)[O-])NC1CCN(Cc2ccc(F)cc2)CC1. The molecule has 0 aliphatic carbocycles. The first-order valence-corrected chi connectivity index (χ1v) is 9.13. The molecule has 1 fully saturated rings. The average Bonchev–Trinajstić information content (AvgIpc) is 2.70. The van der Waals surface area contributed by atoms with Gasteiger partial charge in [0, 0.05) is 31.7 Å². The molecule has 1 N–H and O–H groups in total. The van der Waals surface area contributed by atoms with Crippen LogP contribution in [-0.2, 0) is 11.3 Å². The van der Waals surface area contributed by atoms with Gasteiger partial charge in [-0.1, -0.05) is 24.3 Å². The number of benzene rings is 2. The van der Waals surface area contributed by atoms with E-state index in [1.165, 1.54) is 24.3 Å². The quantitative estimate of drug-likeness (QED) is 0.583. The number of halogens is 1. The fourth-order valence-electron chi connectivity index (χ4n) is 3.23. The number of nitrogens with one attached hydrogen (secondary N) is 1. The molecule has 1 saturated heterocycles. The summed E-state index contributed by atoms with van der Waals surface area (Å²) in [4.78, 5) is 24.8. The molecule has 3 rings (SSSR count). The molecule has 8 heteroatoms. The van der Waals surface area contributed by atoms with Gasteiger partial charge in [0.2, 0.25) is 0 Å². The Hall–Kier alpha value is -3.00. The van der Waals surface area contributed by atoms with Crippen molar-refractivity contribution in [3.63, 3.8) is 0 Å². The highest BCUT2D eigenvalue weighted by molar-refractivity contribution is 5.78. The number of hydrogen-bond donors (Lipinski definition) is 1. The first-order chi connectivity index (χ1) is 13.5. The molecule has 0 aromatic heterocycles. The zero-order valence-electron chi connectivity index (χ0n) is 15.3. The molecule has 0 spiro atoms. The molecule has 1 aliphatic heterocycles. The lowest BCUT2D eigenvalue weighted by Gasteiger charge is -2.32. The number of nitrogens with zero attached hydrogens (tertiary/aromatic N) is 2. The highest BCUT2D eigenvalue weighted by atomic mass is 19.1. The van der Waals surface area contributed by atoms with Gasteiger partial charge >= 0.3 is 5.69 Å². The van der Waals surface area contributed by atoms with Crippen molar-refractivity contribution in [3.8, 4) is 5.75 Å². The summed E-state index contributed by atoms with van der Waals surface area (Å²) < 4.78 is 18.3. The predicted molar refractivity (Wildman–Crippen MR) is 101 cm³/mol. The van der Waals surface area contributed by atoms with Crippen molar-refractivity contribution in [1.29, 1.82) is 0 Å². The standard InChI is InChI=1S/C20H22FN3O4/c21-16-7-5-15(6-8-16)13-23-11-9-17(10-12-23)22-20(25)14-28-19-4-2-1-3-18(19)24(26)27/h1-8,17H,9-14H2,(H,22,25). The number of likely N-dealkylation sites (tertiary alicyclic amines) is 1. The topological polar surface area (TPSA) is 84.7 Å². The Labute approximate surface area is 162 Å². The minimum atomic E-state index is -0.538. The Morgan fingerprint density at radius 1 is 1.18 bits per heavy atom. The number of nitro groups is 1. The summed E-state index contributed by atoms with van der Waals surface area (Å²) in [7, 11) is 0. The maximum atomic E-state index is 13.0. The largest absolute Gasteiger partial charge is 0.477 e. The zero-order chi connectivity index (χ0) is 19.9. The van der Waals surface area contributed by atoms with Crippen molar-refractivity contribution in [2.45, 2.75) is 25.4 Å². The van der Waals surface area contributed by atoms with Crippen LogP contribution in [0.3, 0.4) is 0 Å². The van der Waals surface area contributed by atoms with Crippen molar-refractivity contribution in [3.05, 3.63) is 70.0 Å². The normalized spacial score (nSPS) is 15.2. The second kappa shape index (κ2) is 9.27. The monoisotopic (exact) mass is 387 g/mol. The molecular weight excluding hydrogens is 365 g/mol. The summed E-state index contributed by atoms with van der Waals surface area (Å²) in [5.74, 6) is -0.458. The Morgan fingerprint density at radius 3 is 2.54 bits per heavy atom. The Bertz CT molecular complexity index is 820. The lowest BCUT2D eigenvalue weighted by molar-refractivity contribution is -0.385. The van der Waals surface area contributed by atoms with E-state index in [-0.39, 0.29) is 35.8 Å². The fraction of sp³-hybridized carbons (Fsp3) is 0.350. The van der Waals surface area contributed by atoms with E-state index < -0.39 is 4.92 Å². The van der Waals surface area contributed by atoms with Crippen LogP contribution in [0.1, 0.15) is 18.4 Å². The number of para-hydroxylation sites is 2. The van der Waals surface area contributed by atoms with Gasteiger partial charge in [-0.05, 0) is 36.6 Å². The second-order valence-corrected chi connectivity index (χ2v) is 6.76. The number of ether oxygens (including phenoxy) is 1. The highest BCUT2D eigenvalue weighted by Crippen LogP contribution is 2.25. The molecule has 0 bridgehead atoms. The third-order valence-corrected chi connectivity index (χ3v) is 4.69. The Kier molecular flexibility index (Phi) is 6.54. The van der Waals surface area contributed by atoms with Crippen LogP contribution < -0.4 is 10.1 Å². The summed E-state index contributed by atoms with van der Waals surface area (Å²) in [5.41, 5.74) is 0.895. The number of hydrogen-bond acceptors (Lipinski definition) is 5. The molecule has 7 nitrogen and oxygen atoms in total. The minimum Gasteiger partial charge on any atom is -0.477 e. The molecule has 1 aliphatic rings. The van der Waals surface area contributed by atoms with Crippen LogP contribution in [0.25, 0.3) is 0 Å². The summed E-state index contributed by atoms with van der Waals surface area (Å²) in [6, 6.07) is 12.5. The highest BCUT2D eigenvalue weighted by Gasteiger charge is 2.21. The first kappa shape index (κ1) is 19.8. The zero-order valence-corrected chi connectivity index (χ0v) is 15.3. The number of carbonyl (C=O) groups is 1. The van der Waals surface area contributed by atoms with Crippen LogP contribution in [0, 0.1) is 15.9 Å². The third kappa shape index (κ3) is 5.50. The molecular formula is C20H22FN3O4. The van der Waals surface area contributed by atoms with E-state index in [2.05, 4.69) is 10.2 Å². The van der Waals surface area contributed by atoms with E-state index >= 15 is 0 Å². The minimum absolute atomic E-state index is 0.0475. The van der Waals surface area contributed by atoms with E-state index in [1.54, 1.807) is 24.3 Å². The van der Waals surface area contributed by atoms with Gasteiger partial charge in [-0.3, -0.25) is 19.8 Å². The molecule has 1 heterocycles. The molecule has 1 amide bonds. The van der Waals surface area contributed by atoms with Gasteiger partial charge in [0.25, 0.3) is 5.91 Å². The van der Waals surface area contributed by atoms with Crippen LogP contribution in [0.5, 0.6) is 5.75 Å². The third-order valence-electron chi connectivity index (χ3n) is 4.69.